The molecule has 3 atom stereocenters. The van der Waals surface area contributed by atoms with Gasteiger partial charge in [0.25, 0.3) is 0 Å². The summed E-state index contributed by atoms with van der Waals surface area (Å²) in [5, 5.41) is 11.2. The summed E-state index contributed by atoms with van der Waals surface area (Å²) in [6, 6.07) is 0. The molecular weight excluding hydrogens is 160 g/mol. The molecule has 58 valence electrons. The Morgan fingerprint density at radius 2 is 2.18 bits per heavy atom. The molecule has 2 aliphatic rings. The van der Waals surface area contributed by atoms with Crippen molar-refractivity contribution in [2.45, 2.75) is 11.4 Å². The predicted octanol–water partition coefficient (Wildman–Crippen LogP) is 0.732. The maximum Gasteiger partial charge on any atom is 0.159 e. The third-order valence-electron chi connectivity index (χ3n) is 1.97. The van der Waals surface area contributed by atoms with Crippen LogP contribution in [0.3, 0.4) is 0 Å². The molecule has 2 unspecified atom stereocenters. The third-order valence-corrected chi connectivity index (χ3v) is 2.97. The zero-order valence-corrected chi connectivity index (χ0v) is 6.62. The maximum atomic E-state index is 11.3. The fourth-order valence-electron chi connectivity index (χ4n) is 1.32. The molecule has 0 saturated heterocycles. The quantitative estimate of drug-likeness (QED) is 0.542. The number of hydrogen-bond acceptors (Lipinski definition) is 3. The van der Waals surface area contributed by atoms with Crippen LogP contribution in [0.25, 0.3) is 0 Å². The highest BCUT2D eigenvalue weighted by Gasteiger charge is 2.34. The van der Waals surface area contributed by atoms with Gasteiger partial charge in [0.15, 0.2) is 5.78 Å². The van der Waals surface area contributed by atoms with Crippen LogP contribution in [0.2, 0.25) is 0 Å². The molecular formula is C8H8O2S. The van der Waals surface area contributed by atoms with Crippen LogP contribution in [0.1, 0.15) is 0 Å². The Labute approximate surface area is 69.0 Å². The number of ketones is 1. The lowest BCUT2D eigenvalue weighted by atomic mass is 9.90. The van der Waals surface area contributed by atoms with Crippen molar-refractivity contribution >= 4 is 17.5 Å². The minimum absolute atomic E-state index is 0.0478. The van der Waals surface area contributed by atoms with Crippen molar-refractivity contribution in [3.63, 3.8) is 0 Å². The summed E-state index contributed by atoms with van der Waals surface area (Å²) in [6.07, 6.45) is 4.65. The molecule has 0 radical (unpaired) electrons. The van der Waals surface area contributed by atoms with Gasteiger partial charge < -0.3 is 5.11 Å². The van der Waals surface area contributed by atoms with Crippen molar-refractivity contribution in [2.75, 3.05) is 0 Å². The smallest absolute Gasteiger partial charge is 0.159 e. The summed E-state index contributed by atoms with van der Waals surface area (Å²) in [5.41, 5.74) is 0. The van der Waals surface area contributed by atoms with Gasteiger partial charge >= 0.3 is 0 Å². The van der Waals surface area contributed by atoms with Crippen LogP contribution < -0.4 is 0 Å². The second-order valence-electron chi connectivity index (χ2n) is 2.69. The van der Waals surface area contributed by atoms with Crippen LogP contribution in [-0.4, -0.2) is 22.2 Å². The number of carbonyl (C=O) groups excluding carboxylic acids is 1. The maximum absolute atomic E-state index is 11.3. The van der Waals surface area contributed by atoms with Gasteiger partial charge in [-0.1, -0.05) is 18.2 Å². The number of Topliss-reactive ketones (excluding diaryl/α,β-unsaturated/α-hetero) is 1. The Morgan fingerprint density at radius 1 is 1.36 bits per heavy atom. The topological polar surface area (TPSA) is 37.3 Å². The second-order valence-corrected chi connectivity index (χ2v) is 3.74. The molecule has 1 heterocycles. The summed E-state index contributed by atoms with van der Waals surface area (Å²) in [7, 11) is 0. The first-order chi connectivity index (χ1) is 5.29. The summed E-state index contributed by atoms with van der Waals surface area (Å²) in [4.78, 5) is 11.3. The standard InChI is InChI=1S/C8H8O2S/c9-6-1-2-7-8(10)5(6)3-4-11-7/h1-7,9H/t5?,6-,7?/m1/s1. The zero-order valence-electron chi connectivity index (χ0n) is 5.81. The molecule has 0 fully saturated rings. The monoisotopic (exact) mass is 168 g/mol. The van der Waals surface area contributed by atoms with Gasteiger partial charge in [-0.2, -0.15) is 0 Å². The summed E-state index contributed by atoms with van der Waals surface area (Å²) < 4.78 is 0. The molecule has 11 heavy (non-hydrogen) atoms. The van der Waals surface area contributed by atoms with Gasteiger partial charge in [-0.3, -0.25) is 4.79 Å². The van der Waals surface area contributed by atoms with E-state index in [1.165, 1.54) is 11.8 Å². The first kappa shape index (κ1) is 7.13. The van der Waals surface area contributed by atoms with Gasteiger partial charge in [0.2, 0.25) is 0 Å². The molecule has 0 aromatic carbocycles. The SMILES string of the molecule is O=C1C2C=C[C@@H](O)C1C=CS2. The number of carbonyl (C=O) groups is 1. The van der Waals surface area contributed by atoms with Gasteiger partial charge in [-0.25, -0.2) is 0 Å². The fourth-order valence-corrected chi connectivity index (χ4v) is 2.23. The summed E-state index contributed by atoms with van der Waals surface area (Å²) >= 11 is 1.50. The van der Waals surface area contributed by atoms with E-state index < -0.39 is 6.10 Å². The Kier molecular flexibility index (Phi) is 1.62. The fraction of sp³-hybridized carbons (Fsp3) is 0.375. The Morgan fingerprint density at radius 3 is 2.91 bits per heavy atom. The first-order valence-electron chi connectivity index (χ1n) is 3.51. The summed E-state index contributed by atoms with van der Waals surface area (Å²) in [5.74, 6) is -0.154. The van der Waals surface area contributed by atoms with Crippen LogP contribution in [0.5, 0.6) is 0 Å². The molecule has 3 heteroatoms. The highest BCUT2D eigenvalue weighted by Crippen LogP contribution is 2.31. The van der Waals surface area contributed by atoms with Crippen molar-refractivity contribution in [1.29, 1.82) is 0 Å². The molecule has 0 amide bonds. The van der Waals surface area contributed by atoms with Crippen molar-refractivity contribution in [2.24, 2.45) is 5.92 Å². The average Bonchev–Trinajstić information content (AvgIpc) is 1.98. The van der Waals surface area contributed by atoms with Crippen LogP contribution >= 0.6 is 11.8 Å². The zero-order chi connectivity index (χ0) is 7.84. The summed E-state index contributed by atoms with van der Waals surface area (Å²) in [6.45, 7) is 0. The lowest BCUT2D eigenvalue weighted by Crippen LogP contribution is -2.36. The third kappa shape index (κ3) is 1.04. The number of fused-ring (bicyclic) bond motifs is 2. The van der Waals surface area contributed by atoms with Crippen molar-refractivity contribution < 1.29 is 9.90 Å². The van der Waals surface area contributed by atoms with E-state index in [-0.39, 0.29) is 17.0 Å². The van der Waals surface area contributed by atoms with Crippen molar-refractivity contribution in [1.82, 2.24) is 0 Å². The molecule has 1 aliphatic carbocycles. The van der Waals surface area contributed by atoms with E-state index in [0.29, 0.717) is 0 Å². The molecule has 1 N–H and O–H groups in total. The van der Waals surface area contributed by atoms with Gasteiger partial charge in [0.05, 0.1) is 17.3 Å². The van der Waals surface area contributed by atoms with E-state index in [0.717, 1.165) is 0 Å². The first-order valence-corrected chi connectivity index (χ1v) is 4.45. The van der Waals surface area contributed by atoms with Gasteiger partial charge in [-0.15, -0.1) is 11.8 Å². The average molecular weight is 168 g/mol. The Balaban J connectivity index is 2.37. The van der Waals surface area contributed by atoms with E-state index in [1.54, 1.807) is 18.2 Å². The van der Waals surface area contributed by atoms with Gasteiger partial charge in [-0.05, 0) is 5.41 Å². The lowest BCUT2D eigenvalue weighted by Gasteiger charge is -2.27. The molecule has 2 rings (SSSR count). The van der Waals surface area contributed by atoms with Crippen LogP contribution in [0.15, 0.2) is 23.6 Å². The molecule has 0 saturated carbocycles. The minimum Gasteiger partial charge on any atom is -0.388 e. The molecule has 1 aliphatic heterocycles. The van der Waals surface area contributed by atoms with Crippen LogP contribution in [-0.2, 0) is 4.79 Å². The molecule has 2 bridgehead atoms. The second kappa shape index (κ2) is 2.50. The number of aliphatic hydroxyl groups is 1. The number of hydrogen-bond donors (Lipinski definition) is 1. The van der Waals surface area contributed by atoms with Crippen molar-refractivity contribution in [3.8, 4) is 0 Å². The minimum atomic E-state index is -0.601. The van der Waals surface area contributed by atoms with E-state index in [9.17, 15) is 9.90 Å². The van der Waals surface area contributed by atoms with E-state index in [2.05, 4.69) is 0 Å². The normalized spacial score (nSPS) is 41.2. The molecule has 2 nitrogen and oxygen atoms in total. The Bertz CT molecular complexity index is 244. The number of aliphatic hydroxyl groups excluding tert-OH is 1. The largest absolute Gasteiger partial charge is 0.388 e. The van der Waals surface area contributed by atoms with Gasteiger partial charge in [0, 0.05) is 0 Å². The molecule has 0 aromatic heterocycles. The Hall–Kier alpha value is -0.540. The predicted molar refractivity (Wildman–Crippen MR) is 44.2 cm³/mol. The van der Waals surface area contributed by atoms with E-state index in [1.807, 2.05) is 5.41 Å². The van der Waals surface area contributed by atoms with E-state index in [4.69, 9.17) is 0 Å². The highest BCUT2D eigenvalue weighted by atomic mass is 32.2. The number of rotatable bonds is 0. The van der Waals surface area contributed by atoms with Crippen LogP contribution in [0.4, 0.5) is 0 Å². The van der Waals surface area contributed by atoms with Crippen molar-refractivity contribution in [3.05, 3.63) is 23.6 Å². The van der Waals surface area contributed by atoms with E-state index >= 15 is 0 Å². The molecule has 0 aromatic rings. The highest BCUT2D eigenvalue weighted by molar-refractivity contribution is 8.03. The lowest BCUT2D eigenvalue weighted by molar-refractivity contribution is -0.122. The van der Waals surface area contributed by atoms with Crippen LogP contribution in [0, 0.1) is 5.92 Å². The molecule has 0 spiro atoms. The van der Waals surface area contributed by atoms with Gasteiger partial charge in [0.1, 0.15) is 0 Å². The number of thioether (sulfide) groups is 1.